The summed E-state index contributed by atoms with van der Waals surface area (Å²) in [6.07, 6.45) is 6.64. The summed E-state index contributed by atoms with van der Waals surface area (Å²) < 4.78 is 0. The number of anilines is 1. The van der Waals surface area contributed by atoms with Gasteiger partial charge in [-0.1, -0.05) is 33.6 Å². The van der Waals surface area contributed by atoms with E-state index in [4.69, 9.17) is 4.98 Å². The fourth-order valence-electron chi connectivity index (χ4n) is 3.20. The van der Waals surface area contributed by atoms with Crippen LogP contribution < -0.4 is 10.2 Å². The zero-order valence-corrected chi connectivity index (χ0v) is 14.9. The Morgan fingerprint density at radius 3 is 2.57 bits per heavy atom. The molecule has 0 saturated heterocycles. The van der Waals surface area contributed by atoms with Crippen LogP contribution in [0.15, 0.2) is 0 Å². The molecule has 120 valence electrons. The molecule has 0 unspecified atom stereocenters. The molecule has 2 rings (SSSR count). The van der Waals surface area contributed by atoms with Gasteiger partial charge in [0.2, 0.25) is 0 Å². The maximum absolute atomic E-state index is 5.01. The van der Waals surface area contributed by atoms with Gasteiger partial charge in [0.25, 0.3) is 0 Å². The number of nitrogens with zero attached hydrogens (tertiary/aromatic N) is 2. The van der Waals surface area contributed by atoms with Crippen molar-refractivity contribution in [3.63, 3.8) is 0 Å². The second kappa shape index (κ2) is 8.14. The lowest BCUT2D eigenvalue weighted by Gasteiger charge is -2.27. The highest BCUT2D eigenvalue weighted by atomic mass is 32.1. The van der Waals surface area contributed by atoms with E-state index in [-0.39, 0.29) is 0 Å². The molecule has 4 heteroatoms. The van der Waals surface area contributed by atoms with E-state index in [0.29, 0.717) is 5.92 Å². The first-order chi connectivity index (χ1) is 10.2. The molecule has 0 radical (unpaired) electrons. The molecule has 1 aromatic rings. The third-order valence-corrected chi connectivity index (χ3v) is 5.44. The van der Waals surface area contributed by atoms with Gasteiger partial charge in [-0.3, -0.25) is 0 Å². The van der Waals surface area contributed by atoms with Crippen molar-refractivity contribution < 1.29 is 0 Å². The Hall–Kier alpha value is -0.610. The van der Waals surface area contributed by atoms with Crippen molar-refractivity contribution in [2.75, 3.05) is 18.0 Å². The maximum atomic E-state index is 5.01. The van der Waals surface area contributed by atoms with Gasteiger partial charge in [-0.05, 0) is 38.6 Å². The van der Waals surface area contributed by atoms with Gasteiger partial charge in [-0.25, -0.2) is 4.98 Å². The van der Waals surface area contributed by atoms with Crippen LogP contribution in [0.4, 0.5) is 5.13 Å². The Labute approximate surface area is 134 Å². The zero-order valence-electron chi connectivity index (χ0n) is 14.1. The predicted octanol–water partition coefficient (Wildman–Crippen LogP) is 4.54. The quantitative estimate of drug-likeness (QED) is 0.715. The minimum atomic E-state index is 0.510. The Morgan fingerprint density at radius 1 is 1.29 bits per heavy atom. The molecule has 1 fully saturated rings. The lowest BCUT2D eigenvalue weighted by Crippen LogP contribution is -2.32. The first-order valence-corrected chi connectivity index (χ1v) is 9.45. The summed E-state index contributed by atoms with van der Waals surface area (Å²) in [5, 5.41) is 4.79. The first kappa shape index (κ1) is 16.8. The molecule has 1 aromatic heterocycles. The van der Waals surface area contributed by atoms with E-state index in [1.165, 1.54) is 47.8 Å². The predicted molar refractivity (Wildman–Crippen MR) is 93.5 cm³/mol. The van der Waals surface area contributed by atoms with Crippen LogP contribution in [-0.4, -0.2) is 24.1 Å². The Balaban J connectivity index is 2.16. The molecule has 21 heavy (non-hydrogen) atoms. The summed E-state index contributed by atoms with van der Waals surface area (Å²) in [7, 11) is 0. The molecule has 0 amide bonds. The number of hydrogen-bond acceptors (Lipinski definition) is 4. The van der Waals surface area contributed by atoms with Crippen molar-refractivity contribution in [3.05, 3.63) is 10.6 Å². The van der Waals surface area contributed by atoms with Crippen LogP contribution in [0.1, 0.15) is 76.3 Å². The number of hydrogen-bond donors (Lipinski definition) is 1. The van der Waals surface area contributed by atoms with Crippen LogP contribution in [0.2, 0.25) is 0 Å². The summed E-state index contributed by atoms with van der Waals surface area (Å²) in [6.45, 7) is 12.1. The summed E-state index contributed by atoms with van der Waals surface area (Å²) in [5.74, 6) is 0.510. The first-order valence-electron chi connectivity index (χ1n) is 8.64. The van der Waals surface area contributed by atoms with Crippen LogP contribution in [0, 0.1) is 0 Å². The van der Waals surface area contributed by atoms with E-state index in [0.717, 1.165) is 25.7 Å². The molecule has 1 N–H and O–H groups in total. The molecule has 1 heterocycles. The van der Waals surface area contributed by atoms with Crippen LogP contribution >= 0.6 is 11.3 Å². The van der Waals surface area contributed by atoms with E-state index in [1.54, 1.807) is 0 Å². The molecule has 0 aromatic carbocycles. The second-order valence-corrected chi connectivity index (χ2v) is 7.42. The molecule has 1 aliphatic rings. The van der Waals surface area contributed by atoms with Crippen LogP contribution in [0.3, 0.4) is 0 Å². The molecule has 3 nitrogen and oxygen atoms in total. The highest BCUT2D eigenvalue weighted by molar-refractivity contribution is 7.15. The van der Waals surface area contributed by atoms with Gasteiger partial charge in [0.1, 0.15) is 0 Å². The normalized spacial score (nSPS) is 16.0. The van der Waals surface area contributed by atoms with Gasteiger partial charge in [-0.2, -0.15) is 0 Å². The fourth-order valence-corrected chi connectivity index (χ4v) is 4.52. The fraction of sp³-hybridized carbons (Fsp3) is 0.824. The Morgan fingerprint density at radius 2 is 2.00 bits per heavy atom. The number of rotatable bonds is 8. The SMILES string of the molecule is CCCNCc1sc(N(CC)C2CCCC2)nc1C(C)C. The van der Waals surface area contributed by atoms with Crippen molar-refractivity contribution in [3.8, 4) is 0 Å². The van der Waals surface area contributed by atoms with Crippen molar-refractivity contribution in [1.29, 1.82) is 0 Å². The Kier molecular flexibility index (Phi) is 6.49. The lowest BCUT2D eigenvalue weighted by molar-refractivity contribution is 0.616. The minimum Gasteiger partial charge on any atom is -0.345 e. The van der Waals surface area contributed by atoms with Gasteiger partial charge in [0.05, 0.1) is 5.69 Å². The third-order valence-electron chi connectivity index (χ3n) is 4.33. The zero-order chi connectivity index (χ0) is 15.2. The van der Waals surface area contributed by atoms with Crippen LogP contribution in [-0.2, 0) is 6.54 Å². The summed E-state index contributed by atoms with van der Waals surface area (Å²) in [4.78, 5) is 8.99. The van der Waals surface area contributed by atoms with Gasteiger partial charge in [-0.15, -0.1) is 11.3 Å². The highest BCUT2D eigenvalue weighted by Crippen LogP contribution is 2.34. The standard InChI is InChI=1S/C17H31N3S/c1-5-11-18-12-15-16(13(3)4)19-17(21-15)20(6-2)14-9-7-8-10-14/h13-14,18H,5-12H2,1-4H3. The molecular formula is C17H31N3S. The summed E-state index contributed by atoms with van der Waals surface area (Å²) in [6, 6.07) is 0.720. The van der Waals surface area contributed by atoms with Gasteiger partial charge in [0, 0.05) is 24.0 Å². The largest absolute Gasteiger partial charge is 0.345 e. The van der Waals surface area contributed by atoms with Crippen LogP contribution in [0.25, 0.3) is 0 Å². The average molecular weight is 310 g/mol. The maximum Gasteiger partial charge on any atom is 0.186 e. The van der Waals surface area contributed by atoms with Crippen molar-refractivity contribution >= 4 is 16.5 Å². The van der Waals surface area contributed by atoms with E-state index in [1.807, 2.05) is 11.3 Å². The molecule has 1 saturated carbocycles. The van der Waals surface area contributed by atoms with E-state index in [2.05, 4.69) is 37.9 Å². The number of aromatic nitrogens is 1. The van der Waals surface area contributed by atoms with E-state index >= 15 is 0 Å². The van der Waals surface area contributed by atoms with Gasteiger partial charge >= 0.3 is 0 Å². The molecular weight excluding hydrogens is 278 g/mol. The topological polar surface area (TPSA) is 28.2 Å². The molecule has 0 bridgehead atoms. The number of nitrogens with one attached hydrogen (secondary N) is 1. The van der Waals surface area contributed by atoms with Crippen molar-refractivity contribution in [2.24, 2.45) is 0 Å². The smallest absolute Gasteiger partial charge is 0.186 e. The highest BCUT2D eigenvalue weighted by Gasteiger charge is 2.25. The third kappa shape index (κ3) is 4.19. The summed E-state index contributed by atoms with van der Waals surface area (Å²) >= 11 is 1.91. The van der Waals surface area contributed by atoms with Crippen LogP contribution in [0.5, 0.6) is 0 Å². The monoisotopic (exact) mass is 309 g/mol. The van der Waals surface area contributed by atoms with Gasteiger partial charge in [0.15, 0.2) is 5.13 Å². The van der Waals surface area contributed by atoms with Crippen molar-refractivity contribution in [1.82, 2.24) is 10.3 Å². The molecule has 0 atom stereocenters. The molecule has 1 aliphatic carbocycles. The minimum absolute atomic E-state index is 0.510. The lowest BCUT2D eigenvalue weighted by atomic mass is 10.1. The molecule has 0 aliphatic heterocycles. The van der Waals surface area contributed by atoms with Crippen molar-refractivity contribution in [2.45, 2.75) is 78.3 Å². The van der Waals surface area contributed by atoms with E-state index < -0.39 is 0 Å². The molecule has 0 spiro atoms. The Bertz CT molecular complexity index is 422. The van der Waals surface area contributed by atoms with E-state index in [9.17, 15) is 0 Å². The van der Waals surface area contributed by atoms with Gasteiger partial charge < -0.3 is 10.2 Å². The average Bonchev–Trinajstić information content (AvgIpc) is 3.10. The summed E-state index contributed by atoms with van der Waals surface area (Å²) in [5.41, 5.74) is 1.30. The number of thiazole rings is 1. The second-order valence-electron chi connectivity index (χ2n) is 6.36.